The second-order valence-electron chi connectivity index (χ2n) is 4.45. The van der Waals surface area contributed by atoms with Crippen LogP contribution in [0.3, 0.4) is 0 Å². The first-order valence-electron chi connectivity index (χ1n) is 6.10. The third kappa shape index (κ3) is 3.43. The van der Waals surface area contributed by atoms with Gasteiger partial charge in [0, 0.05) is 12.3 Å². The van der Waals surface area contributed by atoms with Gasteiger partial charge in [0.15, 0.2) is 0 Å². The molecule has 2 rings (SSSR count). The lowest BCUT2D eigenvalue weighted by Gasteiger charge is -2.20. The minimum atomic E-state index is -0.325. The van der Waals surface area contributed by atoms with Crippen molar-refractivity contribution in [3.63, 3.8) is 0 Å². The number of ether oxygens (including phenoxy) is 1. The predicted molar refractivity (Wildman–Crippen MR) is 67.0 cm³/mol. The van der Waals surface area contributed by atoms with Gasteiger partial charge in [0.2, 0.25) is 0 Å². The van der Waals surface area contributed by atoms with Crippen LogP contribution in [0.4, 0.5) is 14.9 Å². The molecule has 2 amide bonds. The maximum Gasteiger partial charge on any atom is 0.319 e. The fraction of sp³-hybridized carbons (Fsp3) is 0.462. The first-order chi connectivity index (χ1) is 8.65. The molecule has 0 radical (unpaired) electrons. The van der Waals surface area contributed by atoms with Crippen LogP contribution in [-0.2, 0) is 4.74 Å². The third-order valence-electron chi connectivity index (χ3n) is 2.98. The number of rotatable bonds is 3. The van der Waals surface area contributed by atoms with E-state index in [-0.39, 0.29) is 24.0 Å². The van der Waals surface area contributed by atoms with Crippen LogP contribution in [0.15, 0.2) is 24.3 Å². The molecule has 0 bridgehead atoms. The van der Waals surface area contributed by atoms with E-state index >= 15 is 0 Å². The van der Waals surface area contributed by atoms with E-state index in [0.717, 1.165) is 19.4 Å². The van der Waals surface area contributed by atoms with Gasteiger partial charge in [0.25, 0.3) is 0 Å². The number of amides is 2. The molecule has 1 saturated heterocycles. The lowest BCUT2D eigenvalue weighted by atomic mass is 10.1. The number of carbonyl (C=O) groups is 1. The summed E-state index contributed by atoms with van der Waals surface area (Å²) in [5.74, 6) is -0.325. The van der Waals surface area contributed by atoms with Crippen LogP contribution in [0.2, 0.25) is 0 Å². The molecule has 4 nitrogen and oxygen atoms in total. The van der Waals surface area contributed by atoms with Crippen molar-refractivity contribution in [2.45, 2.75) is 31.9 Å². The quantitative estimate of drug-likeness (QED) is 0.868. The van der Waals surface area contributed by atoms with Crippen molar-refractivity contribution >= 4 is 11.7 Å². The van der Waals surface area contributed by atoms with Crippen LogP contribution < -0.4 is 10.6 Å². The number of hydrogen-bond acceptors (Lipinski definition) is 2. The van der Waals surface area contributed by atoms with E-state index in [2.05, 4.69) is 10.6 Å². The van der Waals surface area contributed by atoms with E-state index in [1.165, 1.54) is 24.3 Å². The zero-order valence-electron chi connectivity index (χ0n) is 10.3. The van der Waals surface area contributed by atoms with Gasteiger partial charge in [-0.2, -0.15) is 0 Å². The van der Waals surface area contributed by atoms with Crippen molar-refractivity contribution in [1.82, 2.24) is 5.32 Å². The molecule has 1 aliphatic rings. The second-order valence-corrected chi connectivity index (χ2v) is 4.45. The number of halogens is 1. The zero-order valence-corrected chi connectivity index (χ0v) is 10.3. The summed E-state index contributed by atoms with van der Waals surface area (Å²) in [5, 5.41) is 5.47. The van der Waals surface area contributed by atoms with E-state index in [1.807, 2.05) is 6.92 Å². The molecule has 18 heavy (non-hydrogen) atoms. The van der Waals surface area contributed by atoms with E-state index in [4.69, 9.17) is 4.74 Å². The summed E-state index contributed by atoms with van der Waals surface area (Å²) in [6.45, 7) is 2.68. The summed E-state index contributed by atoms with van der Waals surface area (Å²) >= 11 is 0. The molecule has 1 aliphatic heterocycles. The van der Waals surface area contributed by atoms with Crippen molar-refractivity contribution in [1.29, 1.82) is 0 Å². The number of hydrogen-bond donors (Lipinski definition) is 2. The standard InChI is InChI=1S/C13H17FN2O2/c1-9(12-3-2-8-18-12)15-13(17)16-11-6-4-10(14)5-7-11/h4-7,9,12H,2-3,8H2,1H3,(H2,15,16,17)/t9-,12+/m0/s1. The van der Waals surface area contributed by atoms with Crippen LogP contribution in [0.1, 0.15) is 19.8 Å². The fourth-order valence-electron chi connectivity index (χ4n) is 2.00. The number of urea groups is 1. The normalized spacial score (nSPS) is 20.4. The van der Waals surface area contributed by atoms with Gasteiger partial charge in [0.05, 0.1) is 12.1 Å². The Bertz CT molecular complexity index is 402. The van der Waals surface area contributed by atoms with Gasteiger partial charge in [-0.25, -0.2) is 9.18 Å². The van der Waals surface area contributed by atoms with E-state index < -0.39 is 0 Å². The molecular formula is C13H17FN2O2. The van der Waals surface area contributed by atoms with Crippen LogP contribution in [0, 0.1) is 5.82 Å². The summed E-state index contributed by atoms with van der Waals surface area (Å²) in [4.78, 5) is 11.7. The molecule has 1 heterocycles. The molecule has 0 aliphatic carbocycles. The van der Waals surface area contributed by atoms with Gasteiger partial charge >= 0.3 is 6.03 Å². The van der Waals surface area contributed by atoms with Gasteiger partial charge in [-0.05, 0) is 44.0 Å². The van der Waals surface area contributed by atoms with Crippen LogP contribution in [0.5, 0.6) is 0 Å². The largest absolute Gasteiger partial charge is 0.376 e. The summed E-state index contributed by atoms with van der Waals surface area (Å²) in [7, 11) is 0. The Morgan fingerprint density at radius 3 is 2.78 bits per heavy atom. The Labute approximate surface area is 106 Å². The summed E-state index contributed by atoms with van der Waals surface area (Å²) in [6.07, 6.45) is 2.10. The number of carbonyl (C=O) groups excluding carboxylic acids is 1. The van der Waals surface area contributed by atoms with Gasteiger partial charge < -0.3 is 15.4 Å². The average Bonchev–Trinajstić information content (AvgIpc) is 2.85. The molecule has 2 atom stereocenters. The summed E-state index contributed by atoms with van der Waals surface area (Å²) < 4.78 is 18.2. The lowest BCUT2D eigenvalue weighted by Crippen LogP contribution is -2.42. The van der Waals surface area contributed by atoms with Crippen molar-refractivity contribution in [2.24, 2.45) is 0 Å². The van der Waals surface area contributed by atoms with Crippen molar-refractivity contribution in [2.75, 3.05) is 11.9 Å². The van der Waals surface area contributed by atoms with Crippen molar-refractivity contribution < 1.29 is 13.9 Å². The van der Waals surface area contributed by atoms with E-state index in [1.54, 1.807) is 0 Å². The highest BCUT2D eigenvalue weighted by Crippen LogP contribution is 2.15. The SMILES string of the molecule is C[C@H](NC(=O)Nc1ccc(F)cc1)[C@H]1CCCO1. The number of benzene rings is 1. The number of anilines is 1. The van der Waals surface area contributed by atoms with Crippen LogP contribution >= 0.6 is 0 Å². The number of nitrogens with one attached hydrogen (secondary N) is 2. The zero-order chi connectivity index (χ0) is 13.0. The third-order valence-corrected chi connectivity index (χ3v) is 2.98. The highest BCUT2D eigenvalue weighted by atomic mass is 19.1. The van der Waals surface area contributed by atoms with Crippen LogP contribution in [-0.4, -0.2) is 24.8 Å². The molecular weight excluding hydrogens is 235 g/mol. The minimum absolute atomic E-state index is 0.0343. The first kappa shape index (κ1) is 12.8. The molecule has 98 valence electrons. The Morgan fingerprint density at radius 2 is 2.17 bits per heavy atom. The monoisotopic (exact) mass is 252 g/mol. The highest BCUT2D eigenvalue weighted by molar-refractivity contribution is 5.89. The Balaban J connectivity index is 1.82. The topological polar surface area (TPSA) is 50.4 Å². The van der Waals surface area contributed by atoms with Gasteiger partial charge in [-0.3, -0.25) is 0 Å². The molecule has 0 aromatic heterocycles. The second kappa shape index (κ2) is 5.82. The van der Waals surface area contributed by atoms with Crippen molar-refractivity contribution in [3.8, 4) is 0 Å². The van der Waals surface area contributed by atoms with Gasteiger partial charge in [0.1, 0.15) is 5.82 Å². The van der Waals surface area contributed by atoms with Crippen LogP contribution in [0.25, 0.3) is 0 Å². The molecule has 1 fully saturated rings. The van der Waals surface area contributed by atoms with Gasteiger partial charge in [-0.15, -0.1) is 0 Å². The molecule has 0 saturated carbocycles. The first-order valence-corrected chi connectivity index (χ1v) is 6.10. The maximum absolute atomic E-state index is 12.7. The predicted octanol–water partition coefficient (Wildman–Crippen LogP) is 2.51. The molecule has 1 aromatic carbocycles. The Hall–Kier alpha value is -1.62. The van der Waals surface area contributed by atoms with E-state index in [0.29, 0.717) is 5.69 Å². The maximum atomic E-state index is 12.7. The summed E-state index contributed by atoms with van der Waals surface area (Å²) in [6, 6.07) is 5.31. The molecule has 1 aromatic rings. The molecule has 2 N–H and O–H groups in total. The summed E-state index contributed by atoms with van der Waals surface area (Å²) in [5.41, 5.74) is 0.563. The fourth-order valence-corrected chi connectivity index (χ4v) is 2.00. The highest BCUT2D eigenvalue weighted by Gasteiger charge is 2.23. The van der Waals surface area contributed by atoms with Crippen molar-refractivity contribution in [3.05, 3.63) is 30.1 Å². The lowest BCUT2D eigenvalue weighted by molar-refractivity contribution is 0.0868. The minimum Gasteiger partial charge on any atom is -0.376 e. The molecule has 0 unspecified atom stereocenters. The molecule has 5 heteroatoms. The Kier molecular flexibility index (Phi) is 4.15. The molecule has 0 spiro atoms. The van der Waals surface area contributed by atoms with E-state index in [9.17, 15) is 9.18 Å². The average molecular weight is 252 g/mol. The smallest absolute Gasteiger partial charge is 0.319 e. The van der Waals surface area contributed by atoms with Gasteiger partial charge in [-0.1, -0.05) is 0 Å². The Morgan fingerprint density at radius 1 is 1.44 bits per heavy atom.